The second-order valence-electron chi connectivity index (χ2n) is 14.0. The molecule has 1 amide bonds. The van der Waals surface area contributed by atoms with Crippen molar-refractivity contribution in [3.63, 3.8) is 0 Å². The summed E-state index contributed by atoms with van der Waals surface area (Å²) in [6, 6.07) is 3.48. The third kappa shape index (κ3) is 3.63. The maximum atomic E-state index is 12.9. The Balaban J connectivity index is 1.43. The first-order chi connectivity index (χ1) is 17.2. The number of carbonyl (C=O) groups is 1. The first-order valence-electron chi connectivity index (χ1n) is 14.4. The van der Waals surface area contributed by atoms with Crippen LogP contribution in [0.4, 0.5) is 0 Å². The van der Waals surface area contributed by atoms with Gasteiger partial charge in [0.1, 0.15) is 0 Å². The average molecular weight is 514 g/mol. The fourth-order valence-corrected chi connectivity index (χ4v) is 9.59. The van der Waals surface area contributed by atoms with Gasteiger partial charge in [0.15, 0.2) is 0 Å². The van der Waals surface area contributed by atoms with Crippen LogP contribution in [-0.4, -0.2) is 45.7 Å². The molecule has 8 unspecified atom stereocenters. The van der Waals surface area contributed by atoms with Gasteiger partial charge in [0.25, 0.3) is 0 Å². The fourth-order valence-electron chi connectivity index (χ4n) is 9.59. The molecule has 37 heavy (non-hydrogen) atoms. The first-order valence-corrected chi connectivity index (χ1v) is 14.4. The predicted molar refractivity (Wildman–Crippen MR) is 144 cm³/mol. The quantitative estimate of drug-likeness (QED) is 0.561. The van der Waals surface area contributed by atoms with E-state index in [-0.39, 0.29) is 34.8 Å². The summed E-state index contributed by atoms with van der Waals surface area (Å²) in [4.78, 5) is 26.4. The molecule has 4 fully saturated rings. The molecule has 1 aromatic rings. The minimum atomic E-state index is -1.02. The number of hydrogen-bond acceptors (Lipinski definition) is 6. The topological polar surface area (TPSA) is 123 Å². The zero-order chi connectivity index (χ0) is 27.0. The van der Waals surface area contributed by atoms with Crippen molar-refractivity contribution in [2.75, 3.05) is 7.05 Å². The summed E-state index contributed by atoms with van der Waals surface area (Å²) in [5, 5.41) is 12.6. The smallest absolute Gasteiger partial charge is 0.335 e. The largest absolute Gasteiger partial charge is 0.431 e. The molecule has 4 aliphatic carbocycles. The van der Waals surface area contributed by atoms with E-state index in [9.17, 15) is 14.7 Å². The maximum Gasteiger partial charge on any atom is 0.335 e. The number of nitrogens with two attached hydrogens (primary N) is 2. The lowest BCUT2D eigenvalue weighted by molar-refractivity contribution is -0.220. The number of amides is 1. The first kappa shape index (κ1) is 26.9. The third-order valence-corrected chi connectivity index (χ3v) is 12.0. The Bertz CT molecular complexity index is 1100. The number of hydrogen-bond donors (Lipinski definition) is 3. The van der Waals surface area contributed by atoms with Gasteiger partial charge in [-0.25, -0.2) is 4.79 Å². The Hall–Kier alpha value is -1.70. The Labute approximate surface area is 221 Å². The zero-order valence-electron chi connectivity index (χ0n) is 23.4. The normalized spacial score (nSPS) is 45.2. The van der Waals surface area contributed by atoms with E-state index in [0.717, 1.165) is 50.5 Å². The Morgan fingerprint density at radius 2 is 1.78 bits per heavy atom. The van der Waals surface area contributed by atoms with Crippen molar-refractivity contribution in [2.24, 2.45) is 34.1 Å². The summed E-state index contributed by atoms with van der Waals surface area (Å²) >= 11 is 0. The lowest BCUT2D eigenvalue weighted by Gasteiger charge is -2.71. The summed E-state index contributed by atoms with van der Waals surface area (Å²) in [5.74, 6) is 0.745. The second-order valence-corrected chi connectivity index (χ2v) is 14.0. The van der Waals surface area contributed by atoms with Gasteiger partial charge in [0, 0.05) is 42.1 Å². The van der Waals surface area contributed by atoms with Gasteiger partial charge in [0.2, 0.25) is 5.91 Å². The number of nitrogens with zero attached hydrogens (tertiary/aromatic N) is 1. The van der Waals surface area contributed by atoms with Gasteiger partial charge in [-0.2, -0.15) is 0 Å². The van der Waals surface area contributed by atoms with Crippen molar-refractivity contribution in [1.82, 2.24) is 4.90 Å². The number of fused-ring (bicyclic) bond motifs is 5. The van der Waals surface area contributed by atoms with Crippen molar-refractivity contribution in [1.29, 1.82) is 0 Å². The number of aliphatic hydroxyl groups is 1. The van der Waals surface area contributed by atoms with Gasteiger partial charge in [-0.15, -0.1) is 0 Å². The molecule has 0 radical (unpaired) electrons. The van der Waals surface area contributed by atoms with Crippen LogP contribution in [0.1, 0.15) is 103 Å². The average Bonchev–Trinajstić information content (AvgIpc) is 3.11. The fraction of sp³-hybridized carbons (Fsp3) is 0.800. The molecule has 0 spiro atoms. The van der Waals surface area contributed by atoms with E-state index < -0.39 is 22.1 Å². The molecule has 8 atom stereocenters. The van der Waals surface area contributed by atoms with Crippen LogP contribution in [0.5, 0.6) is 0 Å². The van der Waals surface area contributed by atoms with Gasteiger partial charge < -0.3 is 25.9 Å². The molecule has 0 aliphatic heterocycles. The minimum absolute atomic E-state index is 0.0944. The molecule has 206 valence electrons. The molecule has 7 nitrogen and oxygen atoms in total. The van der Waals surface area contributed by atoms with Crippen LogP contribution < -0.4 is 17.1 Å². The van der Waals surface area contributed by atoms with Crippen LogP contribution in [0.15, 0.2) is 27.6 Å². The lowest BCUT2D eigenvalue weighted by atomic mass is 9.38. The Morgan fingerprint density at radius 3 is 2.43 bits per heavy atom. The van der Waals surface area contributed by atoms with Gasteiger partial charge in [-0.3, -0.25) is 4.79 Å². The van der Waals surface area contributed by atoms with Gasteiger partial charge >= 0.3 is 5.63 Å². The van der Waals surface area contributed by atoms with Crippen molar-refractivity contribution < 1.29 is 14.3 Å². The van der Waals surface area contributed by atoms with Gasteiger partial charge in [0.05, 0.1) is 11.9 Å². The summed E-state index contributed by atoms with van der Waals surface area (Å²) in [5.41, 5.74) is 12.6. The van der Waals surface area contributed by atoms with Crippen LogP contribution in [0.2, 0.25) is 0 Å². The monoisotopic (exact) mass is 513 g/mol. The molecule has 5 N–H and O–H groups in total. The molecule has 1 heterocycles. The molecule has 0 aromatic carbocycles. The Kier molecular flexibility index (Phi) is 6.29. The highest BCUT2D eigenvalue weighted by Gasteiger charge is 2.74. The van der Waals surface area contributed by atoms with Crippen molar-refractivity contribution in [3.8, 4) is 0 Å². The van der Waals surface area contributed by atoms with Crippen LogP contribution in [0, 0.1) is 22.7 Å². The van der Waals surface area contributed by atoms with E-state index in [1.165, 1.54) is 6.07 Å². The zero-order valence-corrected chi connectivity index (χ0v) is 23.4. The van der Waals surface area contributed by atoms with E-state index in [1.54, 1.807) is 6.26 Å². The van der Waals surface area contributed by atoms with Crippen LogP contribution in [0.3, 0.4) is 0 Å². The van der Waals surface area contributed by atoms with Crippen molar-refractivity contribution in [2.45, 2.75) is 121 Å². The highest BCUT2D eigenvalue weighted by molar-refractivity contribution is 5.76. The van der Waals surface area contributed by atoms with E-state index in [1.807, 2.05) is 18.0 Å². The molecule has 4 saturated carbocycles. The standard InChI is InChI=1S/C30H47N3O4/c1-19(2)16-24(34)33(5)21-8-11-27(4)23-10-12-26(3)22(20-6-7-25(35)37-18-20)9-13-30(26,36)29(23,32)15-14-28(27,31)17-21/h6-7,18-19,21-23,36H,8-17,31-32H2,1-5H3. The van der Waals surface area contributed by atoms with E-state index in [0.29, 0.717) is 25.2 Å². The minimum Gasteiger partial charge on any atom is -0.431 e. The van der Waals surface area contributed by atoms with Gasteiger partial charge in [-0.05, 0) is 92.6 Å². The highest BCUT2D eigenvalue weighted by atomic mass is 16.4. The highest BCUT2D eigenvalue weighted by Crippen LogP contribution is 2.71. The molecule has 0 saturated heterocycles. The summed E-state index contributed by atoms with van der Waals surface area (Å²) < 4.78 is 5.21. The molecular formula is C30H47N3O4. The molecular weight excluding hydrogens is 466 g/mol. The summed E-state index contributed by atoms with van der Waals surface area (Å²) in [7, 11) is 1.94. The molecule has 5 rings (SSSR count). The predicted octanol–water partition coefficient (Wildman–Crippen LogP) is 3.92. The SMILES string of the molecule is CC(C)CC(=O)N(C)C1CCC2(C)C3CCC4(C)C(c5ccc(=O)oc5)CCC4(O)C3(N)CCC2(N)C1. The van der Waals surface area contributed by atoms with E-state index >= 15 is 0 Å². The Morgan fingerprint density at radius 1 is 1.08 bits per heavy atom. The van der Waals surface area contributed by atoms with Crippen LogP contribution in [-0.2, 0) is 4.79 Å². The third-order valence-electron chi connectivity index (χ3n) is 12.0. The van der Waals surface area contributed by atoms with Crippen molar-refractivity contribution >= 4 is 5.91 Å². The molecule has 4 aliphatic rings. The summed E-state index contributed by atoms with van der Waals surface area (Å²) in [6.07, 6.45) is 9.44. The number of rotatable bonds is 4. The lowest BCUT2D eigenvalue weighted by Crippen LogP contribution is -2.80. The van der Waals surface area contributed by atoms with E-state index in [2.05, 4.69) is 27.7 Å². The van der Waals surface area contributed by atoms with Crippen LogP contribution in [0.25, 0.3) is 0 Å². The molecule has 0 bridgehead atoms. The summed E-state index contributed by atoms with van der Waals surface area (Å²) in [6.45, 7) is 8.67. The number of carbonyl (C=O) groups excluding carboxylic acids is 1. The van der Waals surface area contributed by atoms with Gasteiger partial charge in [-0.1, -0.05) is 27.7 Å². The van der Waals surface area contributed by atoms with Crippen LogP contribution >= 0.6 is 0 Å². The maximum absolute atomic E-state index is 12.9. The molecule has 1 aromatic heterocycles. The van der Waals surface area contributed by atoms with E-state index in [4.69, 9.17) is 15.9 Å². The van der Waals surface area contributed by atoms with Crippen molar-refractivity contribution in [3.05, 3.63) is 34.4 Å². The second kappa shape index (κ2) is 8.65. The molecule has 7 heteroatoms.